The Hall–Kier alpha value is -7.27. The van der Waals surface area contributed by atoms with Crippen LogP contribution < -0.4 is 43.8 Å². The molecule has 0 aliphatic carbocycles. The predicted molar refractivity (Wildman–Crippen MR) is 247 cm³/mol. The average molecular weight is 892 g/mol. The van der Waals surface area contributed by atoms with Gasteiger partial charge < -0.3 is 54.0 Å². The van der Waals surface area contributed by atoms with E-state index in [0.717, 1.165) is 5.56 Å². The summed E-state index contributed by atoms with van der Waals surface area (Å²) in [7, 11) is 0. The zero-order valence-corrected chi connectivity index (χ0v) is 36.7. The molecule has 7 atom stereocenters. The minimum atomic E-state index is -1.34. The lowest BCUT2D eigenvalue weighted by atomic mass is 9.98. The van der Waals surface area contributed by atoms with Gasteiger partial charge in [-0.3, -0.25) is 29.0 Å². The quantitative estimate of drug-likeness (QED) is 0.0259. The van der Waals surface area contributed by atoms with E-state index in [9.17, 15) is 39.0 Å². The topological polar surface area (TPSA) is 293 Å². The van der Waals surface area contributed by atoms with Gasteiger partial charge in [-0.25, -0.2) is 4.79 Å². The van der Waals surface area contributed by atoms with Crippen LogP contribution in [0.15, 0.2) is 120 Å². The minimum absolute atomic E-state index is 0.00869. The van der Waals surface area contributed by atoms with Gasteiger partial charge in [-0.2, -0.15) is 0 Å². The predicted octanol–water partition coefficient (Wildman–Crippen LogP) is 1.60. The first kappa shape index (κ1) is 50.4. The molecule has 0 saturated heterocycles. The number of hydrogen-bond acceptors (Lipinski definition) is 9. The number of hydrogen-bond donors (Lipinski definition) is 10. The normalized spacial score (nSPS) is 14.1. The summed E-state index contributed by atoms with van der Waals surface area (Å²) in [5, 5.41) is 33.6. The van der Waals surface area contributed by atoms with Crippen molar-refractivity contribution < 1.29 is 39.0 Å². The van der Waals surface area contributed by atoms with Crippen molar-refractivity contribution in [3.8, 4) is 5.75 Å². The number of nitrogens with one attached hydrogen (secondary N) is 5. The maximum Gasteiger partial charge on any atom is 0.326 e. The van der Waals surface area contributed by atoms with Crippen molar-refractivity contribution in [2.45, 2.75) is 95.0 Å². The largest absolute Gasteiger partial charge is 0.508 e. The molecule has 0 aliphatic heterocycles. The number of benzene rings is 4. The van der Waals surface area contributed by atoms with Gasteiger partial charge in [-0.05, 0) is 53.1 Å². The Bertz CT molecular complexity index is 2190. The third-order valence-corrected chi connectivity index (χ3v) is 10.9. The smallest absolute Gasteiger partial charge is 0.326 e. The summed E-state index contributed by atoms with van der Waals surface area (Å²) in [5.41, 5.74) is 19.7. The second-order valence-corrected chi connectivity index (χ2v) is 15.9. The van der Waals surface area contributed by atoms with Gasteiger partial charge >= 0.3 is 5.97 Å². The molecule has 17 nitrogen and oxygen atoms in total. The van der Waals surface area contributed by atoms with Gasteiger partial charge in [-0.1, -0.05) is 123 Å². The van der Waals surface area contributed by atoms with Crippen molar-refractivity contribution in [2.75, 3.05) is 6.54 Å². The number of nitrogens with two attached hydrogens (primary N) is 3. The van der Waals surface area contributed by atoms with Crippen LogP contribution >= 0.6 is 0 Å². The Balaban J connectivity index is 1.66. The second kappa shape index (κ2) is 25.7. The molecule has 0 bridgehead atoms. The number of aromatic hydroxyl groups is 1. The highest BCUT2D eigenvalue weighted by Gasteiger charge is 2.34. The van der Waals surface area contributed by atoms with Crippen LogP contribution in [0.1, 0.15) is 55.4 Å². The fourth-order valence-electron chi connectivity index (χ4n) is 6.88. The molecule has 346 valence electrons. The molecule has 0 saturated carbocycles. The highest BCUT2D eigenvalue weighted by atomic mass is 16.4. The van der Waals surface area contributed by atoms with Crippen LogP contribution in [0.25, 0.3) is 0 Å². The summed E-state index contributed by atoms with van der Waals surface area (Å²) >= 11 is 0. The van der Waals surface area contributed by atoms with Gasteiger partial charge in [0.15, 0.2) is 5.96 Å². The average Bonchev–Trinajstić information content (AvgIpc) is 3.29. The van der Waals surface area contributed by atoms with E-state index in [1.54, 1.807) is 97.1 Å². The third kappa shape index (κ3) is 17.1. The number of nitrogens with zero attached hydrogens (tertiary/aromatic N) is 1. The van der Waals surface area contributed by atoms with E-state index >= 15 is 0 Å². The van der Waals surface area contributed by atoms with Crippen LogP contribution in [0.3, 0.4) is 0 Å². The van der Waals surface area contributed by atoms with E-state index in [0.29, 0.717) is 23.1 Å². The number of carboxylic acids is 1. The summed E-state index contributed by atoms with van der Waals surface area (Å²) in [5.74, 6) is -5.19. The summed E-state index contributed by atoms with van der Waals surface area (Å²) in [6, 6.07) is 25.4. The third-order valence-electron chi connectivity index (χ3n) is 10.9. The molecular formula is C48H61N9O8. The number of carbonyl (C=O) groups is 6. The number of guanidine groups is 1. The molecule has 4 rings (SSSR count). The molecule has 13 N–H and O–H groups in total. The molecule has 4 aromatic carbocycles. The van der Waals surface area contributed by atoms with Crippen molar-refractivity contribution in [1.82, 2.24) is 26.6 Å². The number of carboxylic acid groups (broad SMARTS) is 1. The Morgan fingerprint density at radius 3 is 1.22 bits per heavy atom. The van der Waals surface area contributed by atoms with Crippen LogP contribution in [0.5, 0.6) is 5.75 Å². The molecule has 17 heteroatoms. The number of carbonyl (C=O) groups excluding carboxylic acids is 5. The molecule has 0 heterocycles. The maximum absolute atomic E-state index is 14.6. The summed E-state index contributed by atoms with van der Waals surface area (Å²) in [6.45, 7) is 3.87. The lowest BCUT2D eigenvalue weighted by Crippen LogP contribution is -2.60. The van der Waals surface area contributed by atoms with E-state index in [-0.39, 0.29) is 62.7 Å². The summed E-state index contributed by atoms with van der Waals surface area (Å²) in [6.07, 6.45) is 0.768. The molecule has 65 heavy (non-hydrogen) atoms. The van der Waals surface area contributed by atoms with Crippen molar-refractivity contribution in [1.29, 1.82) is 0 Å². The van der Waals surface area contributed by atoms with E-state index in [1.165, 1.54) is 12.1 Å². The Morgan fingerprint density at radius 2 is 0.877 bits per heavy atom. The van der Waals surface area contributed by atoms with Crippen LogP contribution in [-0.2, 0) is 54.5 Å². The SMILES string of the molecule is CC[C@H](C)[C@H](N)C(=O)N[C@@H](Cc1ccccc1)C(=O)N[C@@H](Cc1ccc(O)cc1)C(=O)N[C@@H](Cc1ccccc1)C(=O)N[C@@H](Cc1ccccc1)C(=O)N[C@@H](CCCN=C(N)N)C(=O)O. The number of amides is 5. The van der Waals surface area contributed by atoms with E-state index < -0.39 is 71.8 Å². The van der Waals surface area contributed by atoms with Crippen LogP contribution in [-0.4, -0.2) is 94.5 Å². The molecule has 4 aromatic rings. The second-order valence-electron chi connectivity index (χ2n) is 15.9. The molecule has 0 aromatic heterocycles. The van der Waals surface area contributed by atoms with Gasteiger partial charge in [0.25, 0.3) is 0 Å². The number of phenolic OH excluding ortho intramolecular Hbond substituents is 1. The molecule has 0 aliphatic rings. The van der Waals surface area contributed by atoms with E-state index in [1.807, 2.05) is 19.9 Å². The molecule has 0 spiro atoms. The standard InChI is InChI=1S/C48H61N9O8/c1-3-30(2)41(49)46(63)57-40(28-33-18-11-6-12-19-33)45(62)56-39(29-34-21-23-35(58)24-22-34)44(61)55-38(27-32-16-9-5-10-17-32)43(60)54-37(26-31-14-7-4-8-15-31)42(59)53-36(47(64)65)20-13-25-52-48(50)51/h4-12,14-19,21-24,30,36-41,58H,3,13,20,25-29,49H2,1-2H3,(H,53,59)(H,54,60)(H,55,61)(H,56,62)(H,57,63)(H,64,65)(H4,50,51,52)/t30-,36-,37-,38-,39-,40-,41-/m0/s1. The first-order valence-corrected chi connectivity index (χ1v) is 21.6. The number of aliphatic imine (C=N–C) groups is 1. The first-order valence-electron chi connectivity index (χ1n) is 21.6. The molecule has 5 amide bonds. The summed E-state index contributed by atoms with van der Waals surface area (Å²) in [4.78, 5) is 86.7. The van der Waals surface area contributed by atoms with Crippen molar-refractivity contribution in [3.63, 3.8) is 0 Å². The number of rotatable bonds is 25. The Labute approximate surface area is 379 Å². The van der Waals surface area contributed by atoms with Crippen molar-refractivity contribution in [2.24, 2.45) is 28.1 Å². The van der Waals surface area contributed by atoms with Crippen LogP contribution in [0.2, 0.25) is 0 Å². The zero-order valence-electron chi connectivity index (χ0n) is 36.7. The Kier molecular flexibility index (Phi) is 20.0. The Morgan fingerprint density at radius 1 is 0.538 bits per heavy atom. The van der Waals surface area contributed by atoms with Gasteiger partial charge in [0.05, 0.1) is 6.04 Å². The molecule has 0 fully saturated rings. The van der Waals surface area contributed by atoms with Gasteiger partial charge in [0, 0.05) is 32.2 Å². The van der Waals surface area contributed by atoms with Gasteiger partial charge in [0.1, 0.15) is 36.0 Å². The first-order chi connectivity index (χ1) is 31.1. The minimum Gasteiger partial charge on any atom is -0.508 e. The summed E-state index contributed by atoms with van der Waals surface area (Å²) < 4.78 is 0. The van der Waals surface area contributed by atoms with Gasteiger partial charge in [0.2, 0.25) is 29.5 Å². The fourth-order valence-corrected chi connectivity index (χ4v) is 6.88. The fraction of sp³-hybridized carbons (Fsp3) is 0.354. The van der Waals surface area contributed by atoms with Crippen molar-refractivity contribution in [3.05, 3.63) is 138 Å². The maximum atomic E-state index is 14.6. The number of phenols is 1. The monoisotopic (exact) mass is 891 g/mol. The van der Waals surface area contributed by atoms with Gasteiger partial charge in [-0.15, -0.1) is 0 Å². The highest BCUT2D eigenvalue weighted by Crippen LogP contribution is 2.15. The molecule has 0 unspecified atom stereocenters. The molecular weight excluding hydrogens is 831 g/mol. The van der Waals surface area contributed by atoms with Crippen molar-refractivity contribution >= 4 is 41.5 Å². The lowest BCUT2D eigenvalue weighted by Gasteiger charge is -2.28. The zero-order chi connectivity index (χ0) is 47.3. The van der Waals surface area contributed by atoms with Crippen LogP contribution in [0, 0.1) is 5.92 Å². The van der Waals surface area contributed by atoms with E-state index in [4.69, 9.17) is 17.2 Å². The lowest BCUT2D eigenvalue weighted by molar-refractivity contribution is -0.142. The van der Waals surface area contributed by atoms with Crippen LogP contribution in [0.4, 0.5) is 0 Å². The highest BCUT2D eigenvalue weighted by molar-refractivity contribution is 5.96. The molecule has 0 radical (unpaired) electrons. The van der Waals surface area contributed by atoms with E-state index in [2.05, 4.69) is 31.6 Å². The number of aliphatic carboxylic acids is 1.